The molecule has 0 spiro atoms. The Bertz CT molecular complexity index is 1030. The normalized spacial score (nSPS) is 17.3. The van der Waals surface area contributed by atoms with Crippen LogP contribution in [0.15, 0.2) is 18.5 Å². The van der Waals surface area contributed by atoms with Gasteiger partial charge in [-0.25, -0.2) is 9.97 Å². The van der Waals surface area contributed by atoms with E-state index in [-0.39, 0.29) is 5.41 Å². The van der Waals surface area contributed by atoms with E-state index in [1.54, 1.807) is 6.33 Å². The van der Waals surface area contributed by atoms with E-state index in [1.807, 2.05) is 16.6 Å². The van der Waals surface area contributed by atoms with Crippen molar-refractivity contribution in [2.24, 2.45) is 5.92 Å². The van der Waals surface area contributed by atoms with Crippen LogP contribution < -0.4 is 10.2 Å². The maximum Gasteiger partial charge on any atom is 0.178 e. The van der Waals surface area contributed by atoms with Crippen LogP contribution >= 0.6 is 0 Å². The van der Waals surface area contributed by atoms with E-state index in [4.69, 9.17) is 9.84 Å². The molecular formula is C20H26N8O. The van der Waals surface area contributed by atoms with Gasteiger partial charge in [-0.3, -0.25) is 0 Å². The Hall–Kier alpha value is -2.81. The molecule has 152 valence electrons. The zero-order valence-electron chi connectivity index (χ0n) is 17.1. The van der Waals surface area contributed by atoms with E-state index in [2.05, 4.69) is 51.2 Å². The van der Waals surface area contributed by atoms with Crippen LogP contribution in [0.5, 0.6) is 0 Å². The van der Waals surface area contributed by atoms with Gasteiger partial charge in [-0.05, 0) is 12.1 Å². The van der Waals surface area contributed by atoms with Gasteiger partial charge in [0.15, 0.2) is 11.5 Å². The summed E-state index contributed by atoms with van der Waals surface area (Å²) in [5, 5.41) is 16.9. The standard InChI is InChI=1S/C20H26N8O/c1-20(2,3)19-25-24-16-4-5-17(26-28(16)19)27-9-13(10-27)8-21-18-14-11-29-7-6-15(14)22-12-23-18/h4-5,12-13H,6-11H2,1-3H3,(H,21,22,23). The predicted molar refractivity (Wildman–Crippen MR) is 109 cm³/mol. The summed E-state index contributed by atoms with van der Waals surface area (Å²) in [6, 6.07) is 4.02. The van der Waals surface area contributed by atoms with Crippen molar-refractivity contribution >= 4 is 17.3 Å². The molecule has 3 aromatic rings. The first-order valence-electron chi connectivity index (χ1n) is 10.1. The van der Waals surface area contributed by atoms with Crippen molar-refractivity contribution in [3.63, 3.8) is 0 Å². The van der Waals surface area contributed by atoms with Crippen molar-refractivity contribution in [1.82, 2.24) is 29.8 Å². The molecule has 1 fully saturated rings. The first-order valence-corrected chi connectivity index (χ1v) is 10.1. The molecule has 1 saturated heterocycles. The minimum absolute atomic E-state index is 0.104. The van der Waals surface area contributed by atoms with E-state index < -0.39 is 0 Å². The summed E-state index contributed by atoms with van der Waals surface area (Å²) in [5.41, 5.74) is 2.88. The first-order chi connectivity index (χ1) is 14.0. The van der Waals surface area contributed by atoms with Gasteiger partial charge in [-0.1, -0.05) is 20.8 Å². The maximum absolute atomic E-state index is 5.57. The minimum atomic E-state index is -0.104. The highest BCUT2D eigenvalue weighted by atomic mass is 16.5. The Balaban J connectivity index is 1.24. The number of hydrogen-bond acceptors (Lipinski definition) is 8. The SMILES string of the molecule is CC(C)(C)c1nnc2ccc(N3CC(CNc4ncnc5c4COCC5)C3)nn12. The average Bonchev–Trinajstić information content (AvgIpc) is 3.10. The molecule has 0 amide bonds. The van der Waals surface area contributed by atoms with Gasteiger partial charge in [0.05, 0.1) is 18.9 Å². The third-order valence-electron chi connectivity index (χ3n) is 5.52. The van der Waals surface area contributed by atoms with Crippen molar-refractivity contribution in [1.29, 1.82) is 0 Å². The van der Waals surface area contributed by atoms with Gasteiger partial charge >= 0.3 is 0 Å². The van der Waals surface area contributed by atoms with Crippen LogP contribution in [0.3, 0.4) is 0 Å². The maximum atomic E-state index is 5.57. The van der Waals surface area contributed by atoms with Crippen LogP contribution in [0, 0.1) is 5.92 Å². The molecule has 5 heterocycles. The number of anilines is 2. The summed E-state index contributed by atoms with van der Waals surface area (Å²) in [7, 11) is 0. The topological polar surface area (TPSA) is 93.4 Å². The van der Waals surface area contributed by atoms with Crippen LogP contribution in [0.25, 0.3) is 5.65 Å². The summed E-state index contributed by atoms with van der Waals surface area (Å²) >= 11 is 0. The largest absolute Gasteiger partial charge is 0.376 e. The average molecular weight is 394 g/mol. The van der Waals surface area contributed by atoms with E-state index in [1.165, 1.54) is 0 Å². The third-order valence-corrected chi connectivity index (χ3v) is 5.52. The minimum Gasteiger partial charge on any atom is -0.376 e. The number of hydrogen-bond donors (Lipinski definition) is 1. The lowest BCUT2D eigenvalue weighted by Gasteiger charge is -2.40. The fourth-order valence-corrected chi connectivity index (χ4v) is 3.85. The monoisotopic (exact) mass is 394 g/mol. The Morgan fingerprint density at radius 3 is 2.86 bits per heavy atom. The van der Waals surface area contributed by atoms with Crippen LogP contribution in [-0.4, -0.2) is 56.0 Å². The molecular weight excluding hydrogens is 368 g/mol. The van der Waals surface area contributed by atoms with Gasteiger partial charge in [0.25, 0.3) is 0 Å². The highest BCUT2D eigenvalue weighted by Crippen LogP contribution is 2.26. The number of nitrogens with zero attached hydrogens (tertiary/aromatic N) is 7. The highest BCUT2D eigenvalue weighted by molar-refractivity contribution is 5.49. The second-order valence-corrected chi connectivity index (χ2v) is 8.84. The number of fused-ring (bicyclic) bond motifs is 2. The molecule has 5 rings (SSSR count). The van der Waals surface area contributed by atoms with Gasteiger partial charge in [0.1, 0.15) is 18.0 Å². The van der Waals surface area contributed by atoms with Gasteiger partial charge in [-0.15, -0.1) is 15.3 Å². The van der Waals surface area contributed by atoms with Crippen molar-refractivity contribution in [2.45, 2.75) is 39.2 Å². The van der Waals surface area contributed by atoms with Crippen LogP contribution in [0.2, 0.25) is 0 Å². The fourth-order valence-electron chi connectivity index (χ4n) is 3.85. The summed E-state index contributed by atoms with van der Waals surface area (Å²) in [4.78, 5) is 11.1. The Morgan fingerprint density at radius 2 is 2.03 bits per heavy atom. The van der Waals surface area contributed by atoms with Crippen LogP contribution in [-0.2, 0) is 23.2 Å². The molecule has 0 aromatic carbocycles. The summed E-state index contributed by atoms with van der Waals surface area (Å²) in [5.74, 6) is 3.30. The van der Waals surface area contributed by atoms with Crippen LogP contribution in [0.1, 0.15) is 37.9 Å². The van der Waals surface area contributed by atoms with Gasteiger partial charge < -0.3 is 15.0 Å². The highest BCUT2D eigenvalue weighted by Gasteiger charge is 2.29. The second kappa shape index (κ2) is 6.91. The number of aromatic nitrogens is 6. The lowest BCUT2D eigenvalue weighted by atomic mass is 9.96. The Kier molecular flexibility index (Phi) is 4.34. The molecule has 9 nitrogen and oxygen atoms in total. The summed E-state index contributed by atoms with van der Waals surface area (Å²) in [6.07, 6.45) is 2.50. The Morgan fingerprint density at radius 1 is 1.17 bits per heavy atom. The molecule has 0 radical (unpaired) electrons. The molecule has 0 atom stereocenters. The van der Waals surface area contributed by atoms with E-state index in [9.17, 15) is 0 Å². The molecule has 1 N–H and O–H groups in total. The van der Waals surface area contributed by atoms with Crippen molar-refractivity contribution < 1.29 is 4.74 Å². The number of ether oxygens (including phenoxy) is 1. The second-order valence-electron chi connectivity index (χ2n) is 8.84. The van der Waals surface area contributed by atoms with Gasteiger partial charge in [0.2, 0.25) is 0 Å². The van der Waals surface area contributed by atoms with Crippen molar-refractivity contribution in [3.05, 3.63) is 35.5 Å². The fraction of sp³-hybridized carbons (Fsp3) is 0.550. The lowest BCUT2D eigenvalue weighted by Crippen LogP contribution is -2.50. The van der Waals surface area contributed by atoms with Crippen LogP contribution in [0.4, 0.5) is 11.6 Å². The quantitative estimate of drug-likeness (QED) is 0.716. The van der Waals surface area contributed by atoms with Gasteiger partial charge in [0, 0.05) is 43.0 Å². The lowest BCUT2D eigenvalue weighted by molar-refractivity contribution is 0.109. The first kappa shape index (κ1) is 18.2. The molecule has 9 heteroatoms. The summed E-state index contributed by atoms with van der Waals surface area (Å²) < 4.78 is 7.44. The van der Waals surface area contributed by atoms with Crippen molar-refractivity contribution in [3.8, 4) is 0 Å². The zero-order valence-corrected chi connectivity index (χ0v) is 17.1. The molecule has 2 aliphatic heterocycles. The molecule has 29 heavy (non-hydrogen) atoms. The number of rotatable bonds is 4. The predicted octanol–water partition coefficient (Wildman–Crippen LogP) is 1.83. The molecule has 0 unspecified atom stereocenters. The summed E-state index contributed by atoms with van der Waals surface area (Å²) in [6.45, 7) is 10.5. The van der Waals surface area contributed by atoms with E-state index in [0.717, 1.165) is 67.0 Å². The van der Waals surface area contributed by atoms with E-state index in [0.29, 0.717) is 12.5 Å². The van der Waals surface area contributed by atoms with E-state index >= 15 is 0 Å². The third kappa shape index (κ3) is 3.39. The van der Waals surface area contributed by atoms with Gasteiger partial charge in [-0.2, -0.15) is 4.52 Å². The Labute approximate surface area is 169 Å². The molecule has 0 saturated carbocycles. The van der Waals surface area contributed by atoms with Crippen molar-refractivity contribution in [2.75, 3.05) is 36.5 Å². The zero-order chi connectivity index (χ0) is 20.0. The smallest absolute Gasteiger partial charge is 0.178 e. The molecule has 3 aromatic heterocycles. The number of nitrogens with one attached hydrogen (secondary N) is 1. The molecule has 2 aliphatic rings. The molecule has 0 aliphatic carbocycles. The molecule has 0 bridgehead atoms.